The summed E-state index contributed by atoms with van der Waals surface area (Å²) < 4.78 is 0. The van der Waals surface area contributed by atoms with Gasteiger partial charge >= 0.3 is 0 Å². The second-order valence-corrected chi connectivity index (χ2v) is 3.56. The second kappa shape index (κ2) is 2.58. The molecule has 0 amide bonds. The maximum absolute atomic E-state index is 6.01. The summed E-state index contributed by atoms with van der Waals surface area (Å²) in [7, 11) is 0. The number of alkyl halides is 1. The van der Waals surface area contributed by atoms with Crippen molar-refractivity contribution in [3.8, 4) is 0 Å². The maximum Gasteiger partial charge on any atom is 0.0776 e. The van der Waals surface area contributed by atoms with Crippen molar-refractivity contribution in [2.75, 3.05) is 0 Å². The van der Waals surface area contributed by atoms with Crippen LogP contribution in [0, 0.1) is 0 Å². The summed E-state index contributed by atoms with van der Waals surface area (Å²) in [5.74, 6) is 0. The van der Waals surface area contributed by atoms with E-state index in [0.29, 0.717) is 0 Å². The van der Waals surface area contributed by atoms with Crippen molar-refractivity contribution < 1.29 is 0 Å². The Labute approximate surface area is 75.4 Å². The van der Waals surface area contributed by atoms with Gasteiger partial charge in [-0.15, -0.1) is 11.6 Å². The molecule has 58 valence electrons. The van der Waals surface area contributed by atoms with Gasteiger partial charge in [0.05, 0.1) is 11.4 Å². The number of halogens is 2. The molecule has 1 N–H and O–H groups in total. The van der Waals surface area contributed by atoms with Gasteiger partial charge in [-0.25, -0.2) is 0 Å². The van der Waals surface area contributed by atoms with Crippen molar-refractivity contribution in [3.05, 3.63) is 35.0 Å². The highest BCUT2D eigenvalue weighted by Gasteiger charge is 2.25. The minimum atomic E-state index is -0.0301. The molecule has 3 heteroatoms. The summed E-state index contributed by atoms with van der Waals surface area (Å²) in [6, 6.07) is 0.221. The first-order valence-corrected chi connectivity index (χ1v) is 4.24. The summed E-state index contributed by atoms with van der Waals surface area (Å²) >= 11 is 11.8. The van der Waals surface area contributed by atoms with Gasteiger partial charge in [-0.2, -0.15) is 0 Å². The van der Waals surface area contributed by atoms with E-state index in [1.165, 1.54) is 0 Å². The number of allylic oxidation sites excluding steroid dienone is 2. The lowest BCUT2D eigenvalue weighted by atomic mass is 10.0. The number of fused-ring (bicyclic) bond motifs is 1. The first-order valence-electron chi connectivity index (χ1n) is 3.43. The highest BCUT2D eigenvalue weighted by molar-refractivity contribution is 6.33. The van der Waals surface area contributed by atoms with E-state index in [-0.39, 0.29) is 11.4 Å². The SMILES string of the molecule is ClC1=CC(Cl)C2NC=CC2=C1. The quantitative estimate of drug-likeness (QED) is 0.574. The van der Waals surface area contributed by atoms with Crippen molar-refractivity contribution in [2.24, 2.45) is 0 Å². The smallest absolute Gasteiger partial charge is 0.0776 e. The van der Waals surface area contributed by atoms with Crippen molar-refractivity contribution in [3.63, 3.8) is 0 Å². The Hall–Kier alpha value is -0.400. The molecule has 0 radical (unpaired) electrons. The predicted molar refractivity (Wildman–Crippen MR) is 47.7 cm³/mol. The number of hydrogen-bond donors (Lipinski definition) is 1. The standard InChI is InChI=1S/C8H7Cl2N/c9-6-3-5-1-2-11-8(5)7(10)4-6/h1-4,7-8,11H. The Morgan fingerprint density at radius 3 is 3.09 bits per heavy atom. The maximum atomic E-state index is 6.01. The fourth-order valence-corrected chi connectivity index (χ4v) is 2.00. The minimum absolute atomic E-state index is 0.0301. The summed E-state index contributed by atoms with van der Waals surface area (Å²) in [6.07, 6.45) is 7.67. The lowest BCUT2D eigenvalue weighted by molar-refractivity contribution is 0.714. The zero-order valence-electron chi connectivity index (χ0n) is 5.72. The van der Waals surface area contributed by atoms with E-state index < -0.39 is 0 Å². The summed E-state index contributed by atoms with van der Waals surface area (Å²) in [5, 5.41) is 3.84. The van der Waals surface area contributed by atoms with Crippen LogP contribution in [0.1, 0.15) is 0 Å². The Balaban J connectivity index is 2.35. The van der Waals surface area contributed by atoms with Crippen LogP contribution in [-0.2, 0) is 0 Å². The van der Waals surface area contributed by atoms with Gasteiger partial charge in [0.1, 0.15) is 0 Å². The third kappa shape index (κ3) is 1.19. The molecule has 2 atom stereocenters. The zero-order valence-corrected chi connectivity index (χ0v) is 7.23. The predicted octanol–water partition coefficient (Wildman–Crippen LogP) is 2.14. The van der Waals surface area contributed by atoms with E-state index in [0.717, 1.165) is 10.6 Å². The highest BCUT2D eigenvalue weighted by Crippen LogP contribution is 2.27. The molecule has 2 aliphatic rings. The molecule has 1 aliphatic carbocycles. The van der Waals surface area contributed by atoms with Crippen LogP contribution in [0.15, 0.2) is 35.0 Å². The lowest BCUT2D eigenvalue weighted by Crippen LogP contribution is -2.31. The van der Waals surface area contributed by atoms with Crippen LogP contribution in [0.2, 0.25) is 0 Å². The van der Waals surface area contributed by atoms with Crippen LogP contribution in [0.4, 0.5) is 0 Å². The molecule has 0 aromatic heterocycles. The zero-order chi connectivity index (χ0) is 7.84. The molecule has 1 aliphatic heterocycles. The van der Waals surface area contributed by atoms with Crippen LogP contribution in [0.25, 0.3) is 0 Å². The van der Waals surface area contributed by atoms with Crippen LogP contribution < -0.4 is 5.32 Å². The van der Waals surface area contributed by atoms with Gasteiger partial charge in [0.15, 0.2) is 0 Å². The van der Waals surface area contributed by atoms with Crippen molar-refractivity contribution >= 4 is 23.2 Å². The van der Waals surface area contributed by atoms with Crippen molar-refractivity contribution in [2.45, 2.75) is 11.4 Å². The van der Waals surface area contributed by atoms with Crippen LogP contribution in [0.3, 0.4) is 0 Å². The Bertz CT molecular complexity index is 265. The van der Waals surface area contributed by atoms with Crippen molar-refractivity contribution in [1.29, 1.82) is 0 Å². The van der Waals surface area contributed by atoms with Gasteiger partial charge in [-0.3, -0.25) is 0 Å². The molecule has 2 rings (SSSR count). The normalized spacial score (nSPS) is 34.0. The molecule has 1 heterocycles. The van der Waals surface area contributed by atoms with Gasteiger partial charge in [-0.1, -0.05) is 11.6 Å². The third-order valence-corrected chi connectivity index (χ3v) is 2.47. The van der Waals surface area contributed by atoms with E-state index in [1.54, 1.807) is 0 Å². The molecule has 11 heavy (non-hydrogen) atoms. The van der Waals surface area contributed by atoms with Crippen molar-refractivity contribution in [1.82, 2.24) is 5.32 Å². The number of hydrogen-bond acceptors (Lipinski definition) is 1. The van der Waals surface area contributed by atoms with Crippen LogP contribution >= 0.6 is 23.2 Å². The van der Waals surface area contributed by atoms with E-state index in [2.05, 4.69) is 5.32 Å². The molecule has 0 saturated heterocycles. The fourth-order valence-electron chi connectivity index (χ4n) is 1.32. The monoisotopic (exact) mass is 187 g/mol. The third-order valence-electron chi connectivity index (χ3n) is 1.85. The van der Waals surface area contributed by atoms with Gasteiger partial charge in [0.2, 0.25) is 0 Å². The number of nitrogens with one attached hydrogen (secondary N) is 1. The minimum Gasteiger partial charge on any atom is -0.382 e. The highest BCUT2D eigenvalue weighted by atomic mass is 35.5. The molecule has 0 saturated carbocycles. The molecular formula is C8H7Cl2N. The van der Waals surface area contributed by atoms with Crippen LogP contribution in [0.5, 0.6) is 0 Å². The molecule has 2 unspecified atom stereocenters. The van der Waals surface area contributed by atoms with Gasteiger partial charge in [0, 0.05) is 5.03 Å². The Kier molecular flexibility index (Phi) is 1.70. The largest absolute Gasteiger partial charge is 0.382 e. The molecule has 1 nitrogen and oxygen atoms in total. The average Bonchev–Trinajstić information content (AvgIpc) is 2.34. The van der Waals surface area contributed by atoms with Gasteiger partial charge in [0.25, 0.3) is 0 Å². The Morgan fingerprint density at radius 2 is 2.27 bits per heavy atom. The molecule has 0 fully saturated rings. The second-order valence-electron chi connectivity index (χ2n) is 2.62. The molecular weight excluding hydrogens is 181 g/mol. The van der Waals surface area contributed by atoms with Crippen LogP contribution in [-0.4, -0.2) is 11.4 Å². The van der Waals surface area contributed by atoms with E-state index in [9.17, 15) is 0 Å². The fraction of sp³-hybridized carbons (Fsp3) is 0.250. The van der Waals surface area contributed by atoms with E-state index in [4.69, 9.17) is 23.2 Å². The molecule has 0 aromatic rings. The lowest BCUT2D eigenvalue weighted by Gasteiger charge is -2.20. The van der Waals surface area contributed by atoms with E-state index >= 15 is 0 Å². The topological polar surface area (TPSA) is 12.0 Å². The number of rotatable bonds is 0. The van der Waals surface area contributed by atoms with Gasteiger partial charge in [-0.05, 0) is 30.0 Å². The average molecular weight is 188 g/mol. The summed E-state index contributed by atoms with van der Waals surface area (Å²) in [6.45, 7) is 0. The first-order chi connectivity index (χ1) is 5.27. The first kappa shape index (κ1) is 7.26. The Morgan fingerprint density at radius 1 is 1.45 bits per heavy atom. The summed E-state index contributed by atoms with van der Waals surface area (Å²) in [4.78, 5) is 0. The van der Waals surface area contributed by atoms with Gasteiger partial charge < -0.3 is 5.32 Å². The molecule has 0 aromatic carbocycles. The molecule has 0 spiro atoms. The summed E-state index contributed by atoms with van der Waals surface area (Å²) in [5.41, 5.74) is 1.16. The van der Waals surface area contributed by atoms with E-state index in [1.807, 2.05) is 24.4 Å². The molecule has 0 bridgehead atoms.